The minimum Gasteiger partial charge on any atom is -0.497 e. The van der Waals surface area contributed by atoms with Crippen LogP contribution in [-0.4, -0.2) is 25.3 Å². The zero-order valence-corrected chi connectivity index (χ0v) is 15.1. The number of benzene rings is 2. The van der Waals surface area contributed by atoms with Crippen LogP contribution >= 0.6 is 0 Å². The Kier molecular flexibility index (Phi) is 6.57. The number of carbonyl (C=O) groups excluding carboxylic acids is 1. The zero-order chi connectivity index (χ0) is 18.2. The van der Waals surface area contributed by atoms with Crippen LogP contribution in [0.5, 0.6) is 11.5 Å². The van der Waals surface area contributed by atoms with Crippen molar-refractivity contribution in [3.05, 3.63) is 59.7 Å². The molecule has 1 amide bonds. The van der Waals surface area contributed by atoms with E-state index in [0.29, 0.717) is 17.4 Å². The van der Waals surface area contributed by atoms with E-state index in [-0.39, 0.29) is 12.5 Å². The summed E-state index contributed by atoms with van der Waals surface area (Å²) < 4.78 is 10.6. The third-order valence-corrected chi connectivity index (χ3v) is 3.77. The van der Waals surface area contributed by atoms with Crippen LogP contribution in [0.3, 0.4) is 0 Å². The van der Waals surface area contributed by atoms with Crippen LogP contribution in [0.4, 0.5) is 0 Å². The molecule has 132 valence electrons. The van der Waals surface area contributed by atoms with Gasteiger partial charge in [0.1, 0.15) is 11.5 Å². The van der Waals surface area contributed by atoms with Gasteiger partial charge in [0.2, 0.25) is 0 Å². The smallest absolute Gasteiger partial charge is 0.277 e. The van der Waals surface area contributed by atoms with Crippen molar-refractivity contribution in [1.29, 1.82) is 0 Å². The fraction of sp³-hybridized carbons (Fsp3) is 0.300. The number of hydrogen-bond acceptors (Lipinski definition) is 4. The molecule has 0 aliphatic rings. The van der Waals surface area contributed by atoms with E-state index in [1.54, 1.807) is 7.11 Å². The Balaban J connectivity index is 1.84. The van der Waals surface area contributed by atoms with Crippen molar-refractivity contribution in [2.45, 2.75) is 26.7 Å². The summed E-state index contributed by atoms with van der Waals surface area (Å²) in [5.74, 6) is 1.60. The van der Waals surface area contributed by atoms with Gasteiger partial charge in [0, 0.05) is 0 Å². The van der Waals surface area contributed by atoms with Crippen molar-refractivity contribution in [2.75, 3.05) is 13.7 Å². The van der Waals surface area contributed by atoms with Crippen LogP contribution in [0.2, 0.25) is 0 Å². The molecule has 0 aliphatic carbocycles. The predicted octanol–water partition coefficient (Wildman–Crippen LogP) is 3.74. The number of rotatable bonds is 7. The molecule has 2 aromatic rings. The van der Waals surface area contributed by atoms with Crippen molar-refractivity contribution in [3.63, 3.8) is 0 Å². The largest absolute Gasteiger partial charge is 0.497 e. The van der Waals surface area contributed by atoms with Gasteiger partial charge in [-0.2, -0.15) is 5.10 Å². The molecule has 0 unspecified atom stereocenters. The summed E-state index contributed by atoms with van der Waals surface area (Å²) in [4.78, 5) is 11.9. The minimum absolute atomic E-state index is 0.0829. The first-order chi connectivity index (χ1) is 12.0. The van der Waals surface area contributed by atoms with Gasteiger partial charge in [0.15, 0.2) is 6.61 Å². The minimum atomic E-state index is -0.305. The number of nitrogens with zero attached hydrogens (tertiary/aromatic N) is 1. The van der Waals surface area contributed by atoms with E-state index >= 15 is 0 Å². The molecule has 0 aliphatic heterocycles. The summed E-state index contributed by atoms with van der Waals surface area (Å²) in [5.41, 5.74) is 5.35. The highest BCUT2D eigenvalue weighted by molar-refractivity contribution is 5.99. The second-order valence-corrected chi connectivity index (χ2v) is 5.97. The standard InChI is InChI=1S/C20H24N2O3/c1-14(2)16-5-11-19(12-6-16)25-13-20(23)22-21-15(3)17-7-9-18(24-4)10-8-17/h5-12,14H,13H2,1-4H3,(H,22,23). The van der Waals surface area contributed by atoms with Gasteiger partial charge in [-0.3, -0.25) is 4.79 Å². The monoisotopic (exact) mass is 340 g/mol. The normalized spacial score (nSPS) is 11.3. The van der Waals surface area contributed by atoms with Crippen molar-refractivity contribution in [2.24, 2.45) is 5.10 Å². The molecular formula is C20H24N2O3. The van der Waals surface area contributed by atoms with Crippen molar-refractivity contribution in [1.82, 2.24) is 5.43 Å². The van der Waals surface area contributed by atoms with Gasteiger partial charge >= 0.3 is 0 Å². The summed E-state index contributed by atoms with van der Waals surface area (Å²) in [6.45, 7) is 6.01. The first-order valence-electron chi connectivity index (χ1n) is 8.20. The van der Waals surface area contributed by atoms with Crippen LogP contribution in [0.15, 0.2) is 53.6 Å². The molecule has 5 heteroatoms. The van der Waals surface area contributed by atoms with E-state index in [1.807, 2.05) is 55.5 Å². The lowest BCUT2D eigenvalue weighted by molar-refractivity contribution is -0.123. The van der Waals surface area contributed by atoms with Crippen molar-refractivity contribution < 1.29 is 14.3 Å². The fourth-order valence-corrected chi connectivity index (χ4v) is 2.17. The molecule has 0 spiro atoms. The fourth-order valence-electron chi connectivity index (χ4n) is 2.17. The topological polar surface area (TPSA) is 59.9 Å². The second-order valence-electron chi connectivity index (χ2n) is 5.97. The van der Waals surface area contributed by atoms with Gasteiger partial charge in [-0.25, -0.2) is 5.43 Å². The molecule has 0 atom stereocenters. The van der Waals surface area contributed by atoms with E-state index in [4.69, 9.17) is 9.47 Å². The van der Waals surface area contributed by atoms with Gasteiger partial charge in [0.05, 0.1) is 12.8 Å². The van der Waals surface area contributed by atoms with Gasteiger partial charge in [0.25, 0.3) is 5.91 Å². The molecule has 1 N–H and O–H groups in total. The lowest BCUT2D eigenvalue weighted by Gasteiger charge is -2.08. The zero-order valence-electron chi connectivity index (χ0n) is 15.1. The highest BCUT2D eigenvalue weighted by Gasteiger charge is 2.04. The van der Waals surface area contributed by atoms with E-state index in [0.717, 1.165) is 11.3 Å². The van der Waals surface area contributed by atoms with E-state index in [1.165, 1.54) is 5.56 Å². The molecule has 0 heterocycles. The highest BCUT2D eigenvalue weighted by atomic mass is 16.5. The third kappa shape index (κ3) is 5.64. The SMILES string of the molecule is COc1ccc(C(C)=NNC(=O)COc2ccc(C(C)C)cc2)cc1. The molecule has 2 aromatic carbocycles. The van der Waals surface area contributed by atoms with E-state index in [9.17, 15) is 4.79 Å². The molecule has 2 rings (SSSR count). The molecule has 0 saturated carbocycles. The van der Waals surface area contributed by atoms with Crippen molar-refractivity contribution in [3.8, 4) is 11.5 Å². The number of carbonyl (C=O) groups is 1. The Morgan fingerprint density at radius 1 is 1.04 bits per heavy atom. The van der Waals surface area contributed by atoms with Crippen LogP contribution in [0, 0.1) is 0 Å². The maximum absolute atomic E-state index is 11.9. The summed E-state index contributed by atoms with van der Waals surface area (Å²) in [5, 5.41) is 4.10. The Labute approximate surface area is 148 Å². The van der Waals surface area contributed by atoms with Crippen LogP contribution < -0.4 is 14.9 Å². The molecule has 0 aromatic heterocycles. The average molecular weight is 340 g/mol. The maximum Gasteiger partial charge on any atom is 0.277 e. The first-order valence-corrected chi connectivity index (χ1v) is 8.20. The summed E-state index contributed by atoms with van der Waals surface area (Å²) in [6, 6.07) is 15.2. The van der Waals surface area contributed by atoms with Crippen molar-refractivity contribution >= 4 is 11.6 Å². The van der Waals surface area contributed by atoms with Crippen LogP contribution in [0.1, 0.15) is 37.8 Å². The second kappa shape index (κ2) is 8.87. The molecule has 25 heavy (non-hydrogen) atoms. The van der Waals surface area contributed by atoms with E-state index in [2.05, 4.69) is 24.4 Å². The number of methoxy groups -OCH3 is 1. The Bertz CT molecular complexity index is 720. The number of hydrazone groups is 1. The lowest BCUT2D eigenvalue weighted by atomic mass is 10.0. The quantitative estimate of drug-likeness (QED) is 0.617. The lowest BCUT2D eigenvalue weighted by Crippen LogP contribution is -2.25. The Morgan fingerprint density at radius 2 is 1.64 bits per heavy atom. The summed E-state index contributed by atoms with van der Waals surface area (Å²) in [6.07, 6.45) is 0. The average Bonchev–Trinajstić information content (AvgIpc) is 2.64. The third-order valence-electron chi connectivity index (χ3n) is 3.77. The van der Waals surface area contributed by atoms with Crippen LogP contribution in [0.25, 0.3) is 0 Å². The molecule has 0 saturated heterocycles. The number of nitrogens with one attached hydrogen (secondary N) is 1. The number of amides is 1. The van der Waals surface area contributed by atoms with Gasteiger partial charge in [-0.05, 0) is 60.4 Å². The molecule has 0 radical (unpaired) electrons. The van der Waals surface area contributed by atoms with Gasteiger partial charge < -0.3 is 9.47 Å². The molecular weight excluding hydrogens is 316 g/mol. The van der Waals surface area contributed by atoms with Crippen LogP contribution in [-0.2, 0) is 4.79 Å². The van der Waals surface area contributed by atoms with Gasteiger partial charge in [-0.1, -0.05) is 26.0 Å². The summed E-state index contributed by atoms with van der Waals surface area (Å²) >= 11 is 0. The van der Waals surface area contributed by atoms with E-state index < -0.39 is 0 Å². The highest BCUT2D eigenvalue weighted by Crippen LogP contribution is 2.18. The molecule has 5 nitrogen and oxygen atoms in total. The maximum atomic E-state index is 11.9. The number of hydrogen-bond donors (Lipinski definition) is 1. The summed E-state index contributed by atoms with van der Waals surface area (Å²) in [7, 11) is 1.62. The van der Waals surface area contributed by atoms with Gasteiger partial charge in [-0.15, -0.1) is 0 Å². The number of ether oxygens (including phenoxy) is 2. The Hall–Kier alpha value is -2.82. The predicted molar refractivity (Wildman–Crippen MR) is 99.4 cm³/mol. The first kappa shape index (κ1) is 18.5. The molecule has 0 fully saturated rings. The Morgan fingerprint density at radius 3 is 2.20 bits per heavy atom. The molecule has 0 bridgehead atoms.